The van der Waals surface area contributed by atoms with Gasteiger partial charge in [-0.25, -0.2) is 0 Å². The number of hydrogen-bond acceptors (Lipinski definition) is 3. The summed E-state index contributed by atoms with van der Waals surface area (Å²) in [6, 6.07) is 0. The van der Waals surface area contributed by atoms with Crippen LogP contribution in [0.15, 0.2) is 0 Å². The van der Waals surface area contributed by atoms with Crippen LogP contribution in [0.1, 0.15) is 0 Å². The summed E-state index contributed by atoms with van der Waals surface area (Å²) in [6.07, 6.45) is 0.785. The van der Waals surface area contributed by atoms with E-state index >= 15 is 0 Å². The van der Waals surface area contributed by atoms with Gasteiger partial charge in [0, 0.05) is 18.9 Å². The molecule has 0 aromatic carbocycles. The van der Waals surface area contributed by atoms with Crippen molar-refractivity contribution < 1.29 is 14.2 Å². The maximum Gasteiger partial charge on any atom is 0.104 e. The van der Waals surface area contributed by atoms with Gasteiger partial charge in [0.2, 0.25) is 0 Å². The first-order valence-electron chi connectivity index (χ1n) is 3.26. The Bertz CT molecular complexity index is 89.2. The predicted molar refractivity (Wildman–Crippen MR) is 36.1 cm³/mol. The molecule has 2 saturated heterocycles. The van der Waals surface area contributed by atoms with Crippen molar-refractivity contribution in [2.24, 2.45) is 0 Å². The van der Waals surface area contributed by atoms with Crippen molar-refractivity contribution in [3.05, 3.63) is 0 Å². The van der Waals surface area contributed by atoms with Gasteiger partial charge < -0.3 is 14.2 Å². The molecule has 10 heavy (non-hydrogen) atoms. The average Bonchev–Trinajstić information content (AvgIpc) is 2.57. The number of ether oxygens (including phenoxy) is 3. The van der Waals surface area contributed by atoms with Crippen molar-refractivity contribution in [2.45, 2.75) is 12.2 Å². The van der Waals surface area contributed by atoms with Crippen LogP contribution in [0.2, 0.25) is 0 Å². The van der Waals surface area contributed by atoms with E-state index in [-0.39, 0.29) is 18.9 Å². The third kappa shape index (κ3) is 3.04. The number of rotatable bonds is 4. The molecule has 4 heteroatoms. The number of hydrogen-bond donors (Lipinski definition) is 0. The normalized spacial score (nSPS) is 34.8. The predicted octanol–water partition coefficient (Wildman–Crippen LogP) is -0.580. The van der Waals surface area contributed by atoms with Gasteiger partial charge in [-0.2, -0.15) is 0 Å². The molecule has 0 N–H and O–H groups in total. The van der Waals surface area contributed by atoms with Gasteiger partial charge in [0.1, 0.15) is 12.2 Å². The summed E-state index contributed by atoms with van der Waals surface area (Å²) in [4.78, 5) is 0. The second kappa shape index (κ2) is 3.75. The van der Waals surface area contributed by atoms with E-state index in [0.29, 0.717) is 12.2 Å². The smallest absolute Gasteiger partial charge is 0.104 e. The first kappa shape index (κ1) is 8.57. The Morgan fingerprint density at radius 1 is 1.10 bits per heavy atom. The first-order chi connectivity index (χ1) is 4.45. The Balaban J connectivity index is 0.000000500. The Hall–Kier alpha value is 0.477. The summed E-state index contributed by atoms with van der Waals surface area (Å²) < 4.78 is 15.1. The zero-order chi connectivity index (χ0) is 6.10. The van der Waals surface area contributed by atoms with Crippen LogP contribution >= 0.6 is 0 Å². The molecule has 53 valence electrons. The van der Waals surface area contributed by atoms with Crippen LogP contribution in [0, 0.1) is 0 Å². The Morgan fingerprint density at radius 3 is 1.80 bits per heavy atom. The summed E-state index contributed by atoms with van der Waals surface area (Å²) >= 11 is 0. The molecule has 0 saturated carbocycles. The van der Waals surface area contributed by atoms with E-state index in [9.17, 15) is 0 Å². The van der Waals surface area contributed by atoms with Gasteiger partial charge in [0.05, 0.1) is 26.4 Å². The fourth-order valence-corrected chi connectivity index (χ4v) is 0.659. The molecule has 2 unspecified atom stereocenters. The zero-order valence-corrected chi connectivity index (χ0v) is 6.21. The van der Waals surface area contributed by atoms with Crippen LogP contribution in [-0.2, 0) is 14.2 Å². The fraction of sp³-hybridized carbons (Fsp3) is 1.00. The molecule has 0 aliphatic carbocycles. The van der Waals surface area contributed by atoms with E-state index in [1.807, 2.05) is 0 Å². The molecule has 3 nitrogen and oxygen atoms in total. The van der Waals surface area contributed by atoms with Gasteiger partial charge in [-0.05, 0) is 0 Å². The van der Waals surface area contributed by atoms with Gasteiger partial charge >= 0.3 is 0 Å². The molecular formula is C6H10LiO3. The van der Waals surface area contributed by atoms with E-state index < -0.39 is 0 Å². The van der Waals surface area contributed by atoms with Crippen molar-refractivity contribution in [1.29, 1.82) is 0 Å². The van der Waals surface area contributed by atoms with E-state index in [2.05, 4.69) is 0 Å². The van der Waals surface area contributed by atoms with E-state index in [0.717, 1.165) is 26.4 Å². The largest absolute Gasteiger partial charge is 0.376 e. The van der Waals surface area contributed by atoms with Crippen molar-refractivity contribution in [3.63, 3.8) is 0 Å². The molecular weight excluding hydrogens is 127 g/mol. The SMILES string of the molecule is C(OCC1CO1)C1CO1.[Li]. The molecule has 2 aliphatic heterocycles. The van der Waals surface area contributed by atoms with Crippen LogP contribution in [-0.4, -0.2) is 57.5 Å². The van der Waals surface area contributed by atoms with Crippen LogP contribution in [0.25, 0.3) is 0 Å². The molecule has 1 radical (unpaired) electrons. The minimum atomic E-state index is 0. The maximum atomic E-state index is 5.23. The first-order valence-corrected chi connectivity index (χ1v) is 3.26. The van der Waals surface area contributed by atoms with E-state index in [1.54, 1.807) is 0 Å². The topological polar surface area (TPSA) is 34.3 Å². The summed E-state index contributed by atoms with van der Waals surface area (Å²) in [6.45, 7) is 3.26. The minimum Gasteiger partial charge on any atom is -0.376 e. The van der Waals surface area contributed by atoms with Gasteiger partial charge in [-0.3, -0.25) is 0 Å². The van der Waals surface area contributed by atoms with Crippen molar-refractivity contribution in [2.75, 3.05) is 26.4 Å². The maximum absolute atomic E-state index is 5.23. The van der Waals surface area contributed by atoms with E-state index in [4.69, 9.17) is 14.2 Å². The molecule has 0 aromatic heterocycles. The van der Waals surface area contributed by atoms with Crippen LogP contribution in [0.5, 0.6) is 0 Å². The van der Waals surface area contributed by atoms with Gasteiger partial charge in [-0.15, -0.1) is 0 Å². The second-order valence-corrected chi connectivity index (χ2v) is 2.45. The van der Waals surface area contributed by atoms with Crippen LogP contribution in [0.3, 0.4) is 0 Å². The van der Waals surface area contributed by atoms with Crippen LogP contribution < -0.4 is 0 Å². The minimum absolute atomic E-state index is 0. The van der Waals surface area contributed by atoms with Crippen molar-refractivity contribution in [1.82, 2.24) is 0 Å². The molecule has 0 aromatic rings. The molecule has 2 aliphatic rings. The van der Waals surface area contributed by atoms with Gasteiger partial charge in [-0.1, -0.05) is 0 Å². The quantitative estimate of drug-likeness (QED) is 0.384. The van der Waals surface area contributed by atoms with Gasteiger partial charge in [0.15, 0.2) is 0 Å². The summed E-state index contributed by atoms with van der Waals surface area (Å²) in [5, 5.41) is 0. The third-order valence-corrected chi connectivity index (χ3v) is 1.41. The zero-order valence-electron chi connectivity index (χ0n) is 6.21. The number of epoxide rings is 2. The van der Waals surface area contributed by atoms with Gasteiger partial charge in [0.25, 0.3) is 0 Å². The van der Waals surface area contributed by atoms with Crippen molar-refractivity contribution >= 4 is 18.9 Å². The Labute approximate surface area is 72.2 Å². The fourth-order valence-electron chi connectivity index (χ4n) is 0.659. The molecule has 2 rings (SSSR count). The van der Waals surface area contributed by atoms with Crippen LogP contribution in [0.4, 0.5) is 0 Å². The van der Waals surface area contributed by atoms with E-state index in [1.165, 1.54) is 0 Å². The van der Waals surface area contributed by atoms with Crippen molar-refractivity contribution in [3.8, 4) is 0 Å². The molecule has 2 atom stereocenters. The molecule has 2 heterocycles. The second-order valence-electron chi connectivity index (χ2n) is 2.45. The average molecular weight is 137 g/mol. The molecule has 2 fully saturated rings. The molecule has 0 spiro atoms. The Morgan fingerprint density at radius 2 is 1.50 bits per heavy atom. The molecule has 0 amide bonds. The Kier molecular flexibility index (Phi) is 3.21. The third-order valence-electron chi connectivity index (χ3n) is 1.41. The molecule has 0 bridgehead atoms. The standard InChI is InChI=1S/C6H10O3.Li/c1(5-3-8-5)7-2-6-4-9-6;/h5-6H,1-4H2;. The summed E-state index contributed by atoms with van der Waals surface area (Å²) in [5.74, 6) is 0. The summed E-state index contributed by atoms with van der Waals surface area (Å²) in [7, 11) is 0. The summed E-state index contributed by atoms with van der Waals surface area (Å²) in [5.41, 5.74) is 0. The monoisotopic (exact) mass is 137 g/mol.